The summed E-state index contributed by atoms with van der Waals surface area (Å²) in [5.41, 5.74) is 4.70. The highest BCUT2D eigenvalue weighted by Crippen LogP contribution is 2.37. The van der Waals surface area contributed by atoms with E-state index in [0.29, 0.717) is 33.9 Å². The Balaban J connectivity index is 1.26. The van der Waals surface area contributed by atoms with Gasteiger partial charge in [0.1, 0.15) is 11.6 Å². The van der Waals surface area contributed by atoms with Crippen molar-refractivity contribution in [2.75, 3.05) is 13.7 Å². The number of aromatic nitrogens is 3. The van der Waals surface area contributed by atoms with Crippen LogP contribution in [0.4, 0.5) is 0 Å². The minimum absolute atomic E-state index is 0.0339. The molecule has 2 aromatic heterocycles. The van der Waals surface area contributed by atoms with Crippen LogP contribution in [0.3, 0.4) is 0 Å². The smallest absolute Gasteiger partial charge is 0.265 e. The Hall–Kier alpha value is -5.21. The predicted octanol–water partition coefficient (Wildman–Crippen LogP) is 6.49. The predicted molar refractivity (Wildman–Crippen MR) is 173 cm³/mol. The first-order chi connectivity index (χ1) is 21.5. The van der Waals surface area contributed by atoms with Crippen molar-refractivity contribution in [2.45, 2.75) is 18.9 Å². The minimum atomic E-state index is -0.241. The Morgan fingerprint density at radius 2 is 1.68 bits per heavy atom. The lowest BCUT2D eigenvalue weighted by Crippen LogP contribution is -2.30. The van der Waals surface area contributed by atoms with Crippen molar-refractivity contribution in [2.24, 2.45) is 5.10 Å². The summed E-state index contributed by atoms with van der Waals surface area (Å²) in [7, 11) is 1.64. The second-order valence-corrected chi connectivity index (χ2v) is 11.2. The molecular formula is C35H28ClN5O3. The summed E-state index contributed by atoms with van der Waals surface area (Å²) in [6.07, 6.45) is 2.54. The molecule has 0 saturated carbocycles. The van der Waals surface area contributed by atoms with Gasteiger partial charge in [-0.1, -0.05) is 54.1 Å². The number of fused-ring (bicyclic) bond motifs is 2. The molecule has 1 N–H and O–H groups in total. The SMILES string of the molecule is COc1ccccc1C1=NN(CC(=O)Cc2nc3ccccc3c(=O)n2-c2ccc(Cl)cc2)C(c2c[nH]c3ccccc23)C1. The van der Waals surface area contributed by atoms with Gasteiger partial charge in [0.05, 0.1) is 48.4 Å². The van der Waals surface area contributed by atoms with E-state index in [4.69, 9.17) is 26.4 Å². The molecule has 6 aromatic rings. The fourth-order valence-corrected chi connectivity index (χ4v) is 6.08. The Kier molecular flexibility index (Phi) is 7.20. The maximum absolute atomic E-state index is 13.9. The van der Waals surface area contributed by atoms with Crippen LogP contribution >= 0.6 is 11.6 Å². The molecule has 0 radical (unpaired) electrons. The van der Waals surface area contributed by atoms with E-state index < -0.39 is 0 Å². The summed E-state index contributed by atoms with van der Waals surface area (Å²) in [6, 6.07) is 29.8. The molecule has 218 valence electrons. The van der Waals surface area contributed by atoms with Gasteiger partial charge in [-0.15, -0.1) is 0 Å². The van der Waals surface area contributed by atoms with E-state index >= 15 is 0 Å². The number of H-pyrrole nitrogens is 1. The van der Waals surface area contributed by atoms with Gasteiger partial charge in [-0.3, -0.25) is 19.2 Å². The molecule has 0 spiro atoms. The molecule has 4 aromatic carbocycles. The van der Waals surface area contributed by atoms with E-state index in [1.165, 1.54) is 4.57 Å². The van der Waals surface area contributed by atoms with Crippen molar-refractivity contribution in [3.8, 4) is 11.4 Å². The number of hydrazone groups is 1. The van der Waals surface area contributed by atoms with Crippen LogP contribution in [0.15, 0.2) is 113 Å². The maximum Gasteiger partial charge on any atom is 0.265 e. The van der Waals surface area contributed by atoms with Crippen LogP contribution in [-0.4, -0.2) is 44.7 Å². The van der Waals surface area contributed by atoms with E-state index in [2.05, 4.69) is 11.1 Å². The zero-order valence-corrected chi connectivity index (χ0v) is 24.7. The standard InChI is InChI=1S/C35H28ClN5O3/c1-44-33-13-7-4-9-26(33)31-19-32(28-20-37-29-11-5-2-8-25(28)29)40(39-31)21-24(42)18-34-38-30-12-6-3-10-27(30)35(43)41(34)23-16-14-22(36)15-17-23/h2-17,20,32,37H,18-19,21H2,1H3. The number of carbonyl (C=O) groups excluding carboxylic acids is 1. The van der Waals surface area contributed by atoms with Gasteiger partial charge in [0, 0.05) is 39.7 Å². The van der Waals surface area contributed by atoms with Crippen LogP contribution in [0.5, 0.6) is 5.75 Å². The van der Waals surface area contributed by atoms with Crippen LogP contribution in [0.25, 0.3) is 27.5 Å². The summed E-state index contributed by atoms with van der Waals surface area (Å²) < 4.78 is 7.14. The molecule has 9 heteroatoms. The zero-order chi connectivity index (χ0) is 30.2. The molecule has 1 aliphatic heterocycles. The third-order valence-corrected chi connectivity index (χ3v) is 8.27. The largest absolute Gasteiger partial charge is 0.496 e. The molecule has 1 unspecified atom stereocenters. The second kappa shape index (κ2) is 11.5. The molecule has 44 heavy (non-hydrogen) atoms. The quantitative estimate of drug-likeness (QED) is 0.215. The van der Waals surface area contributed by atoms with Gasteiger partial charge in [-0.25, -0.2) is 4.98 Å². The van der Waals surface area contributed by atoms with E-state index in [9.17, 15) is 9.59 Å². The molecule has 0 saturated heterocycles. The number of hydrogen-bond acceptors (Lipinski definition) is 6. The number of ether oxygens (including phenoxy) is 1. The average Bonchev–Trinajstić information content (AvgIpc) is 3.66. The summed E-state index contributed by atoms with van der Waals surface area (Å²) in [5, 5.41) is 8.94. The Bertz CT molecular complexity index is 2120. The lowest BCUT2D eigenvalue weighted by atomic mass is 9.97. The number of Topliss-reactive ketones (excluding diaryl/α,β-unsaturated/α-hetero) is 1. The van der Waals surface area contributed by atoms with E-state index in [1.807, 2.05) is 59.7 Å². The second-order valence-electron chi connectivity index (χ2n) is 10.7. The van der Waals surface area contributed by atoms with E-state index in [-0.39, 0.29) is 30.3 Å². The Morgan fingerprint density at radius 3 is 2.50 bits per heavy atom. The van der Waals surface area contributed by atoms with Gasteiger partial charge in [0.25, 0.3) is 5.56 Å². The van der Waals surface area contributed by atoms with Gasteiger partial charge >= 0.3 is 0 Å². The number of carbonyl (C=O) groups is 1. The van der Waals surface area contributed by atoms with Gasteiger partial charge in [0.15, 0.2) is 5.78 Å². The van der Waals surface area contributed by atoms with Crippen molar-refractivity contribution in [3.05, 3.63) is 136 Å². The number of aromatic amines is 1. The number of para-hydroxylation sites is 3. The first-order valence-electron chi connectivity index (χ1n) is 14.3. The Morgan fingerprint density at radius 1 is 0.955 bits per heavy atom. The molecule has 0 amide bonds. The van der Waals surface area contributed by atoms with E-state index in [0.717, 1.165) is 33.5 Å². The monoisotopic (exact) mass is 601 g/mol. The first-order valence-corrected chi connectivity index (χ1v) is 14.7. The molecule has 1 atom stereocenters. The summed E-state index contributed by atoms with van der Waals surface area (Å²) >= 11 is 6.14. The van der Waals surface area contributed by atoms with Crippen LogP contribution < -0.4 is 10.3 Å². The molecule has 0 aliphatic carbocycles. The van der Waals surface area contributed by atoms with Crippen LogP contribution in [0.2, 0.25) is 5.02 Å². The highest BCUT2D eigenvalue weighted by atomic mass is 35.5. The average molecular weight is 602 g/mol. The number of nitrogens with zero attached hydrogens (tertiary/aromatic N) is 4. The number of hydrogen-bond donors (Lipinski definition) is 1. The fraction of sp³-hybridized carbons (Fsp3) is 0.143. The van der Waals surface area contributed by atoms with Crippen LogP contribution in [0, 0.1) is 0 Å². The first kappa shape index (κ1) is 27.6. The highest BCUT2D eigenvalue weighted by Gasteiger charge is 2.33. The summed E-state index contributed by atoms with van der Waals surface area (Å²) in [4.78, 5) is 35.7. The lowest BCUT2D eigenvalue weighted by molar-refractivity contribution is -0.120. The Labute approximate surface area is 258 Å². The van der Waals surface area contributed by atoms with Crippen molar-refractivity contribution < 1.29 is 9.53 Å². The fourth-order valence-electron chi connectivity index (χ4n) is 5.95. The molecular weight excluding hydrogens is 574 g/mol. The van der Waals surface area contributed by atoms with Crippen molar-refractivity contribution >= 4 is 44.9 Å². The molecule has 7 rings (SSSR count). The van der Waals surface area contributed by atoms with Crippen molar-refractivity contribution in [1.29, 1.82) is 0 Å². The van der Waals surface area contributed by atoms with Crippen molar-refractivity contribution in [3.63, 3.8) is 0 Å². The van der Waals surface area contributed by atoms with Gasteiger partial charge in [-0.2, -0.15) is 5.10 Å². The van der Waals surface area contributed by atoms with Crippen LogP contribution in [0.1, 0.15) is 29.4 Å². The van der Waals surface area contributed by atoms with Crippen LogP contribution in [-0.2, 0) is 11.2 Å². The number of halogens is 1. The lowest BCUT2D eigenvalue weighted by Gasteiger charge is -2.23. The molecule has 8 nitrogen and oxygen atoms in total. The molecule has 3 heterocycles. The summed E-state index contributed by atoms with van der Waals surface area (Å²) in [5.74, 6) is 0.965. The van der Waals surface area contributed by atoms with E-state index in [1.54, 1.807) is 49.6 Å². The van der Waals surface area contributed by atoms with Crippen molar-refractivity contribution in [1.82, 2.24) is 19.5 Å². The molecule has 0 fully saturated rings. The molecule has 0 bridgehead atoms. The maximum atomic E-state index is 13.9. The molecule has 1 aliphatic rings. The normalized spacial score (nSPS) is 14.7. The number of benzene rings is 4. The topological polar surface area (TPSA) is 92.6 Å². The number of methoxy groups -OCH3 is 1. The highest BCUT2D eigenvalue weighted by molar-refractivity contribution is 6.30. The minimum Gasteiger partial charge on any atom is -0.496 e. The number of ketones is 1. The number of rotatable bonds is 8. The third-order valence-electron chi connectivity index (χ3n) is 8.02. The van der Waals surface area contributed by atoms with Gasteiger partial charge < -0.3 is 9.72 Å². The van der Waals surface area contributed by atoms with Gasteiger partial charge in [-0.05, 0) is 54.6 Å². The number of nitrogens with one attached hydrogen (secondary N) is 1. The van der Waals surface area contributed by atoms with Gasteiger partial charge in [0.2, 0.25) is 0 Å². The zero-order valence-electron chi connectivity index (χ0n) is 23.9. The third kappa shape index (κ3) is 5.03. The summed E-state index contributed by atoms with van der Waals surface area (Å²) in [6.45, 7) is 0.0339.